The van der Waals surface area contributed by atoms with Crippen molar-refractivity contribution in [2.45, 2.75) is 32.7 Å². The predicted octanol–water partition coefficient (Wildman–Crippen LogP) is 4.72. The van der Waals surface area contributed by atoms with Gasteiger partial charge in [0.2, 0.25) is 5.91 Å². The Balaban J connectivity index is 1.77. The summed E-state index contributed by atoms with van der Waals surface area (Å²) in [7, 11) is 1.69. The first-order chi connectivity index (χ1) is 13.1. The van der Waals surface area contributed by atoms with Crippen molar-refractivity contribution < 1.29 is 9.53 Å². The molecule has 142 valence electrons. The van der Waals surface area contributed by atoms with Crippen LogP contribution >= 0.6 is 15.9 Å². The van der Waals surface area contributed by atoms with E-state index in [0.717, 1.165) is 31.6 Å². The minimum Gasteiger partial charge on any atom is -0.497 e. The molecule has 0 radical (unpaired) electrons. The highest BCUT2D eigenvalue weighted by Crippen LogP contribution is 2.27. The number of rotatable bonds is 8. The van der Waals surface area contributed by atoms with E-state index in [9.17, 15) is 4.79 Å². The van der Waals surface area contributed by atoms with E-state index in [1.807, 2.05) is 12.1 Å². The lowest BCUT2D eigenvalue weighted by Gasteiger charge is -2.07. The van der Waals surface area contributed by atoms with Crippen LogP contribution in [-0.4, -0.2) is 24.1 Å². The number of carbonyl (C=O) groups is 1. The van der Waals surface area contributed by atoms with Gasteiger partial charge in [0.25, 0.3) is 0 Å². The molecule has 0 unspecified atom stereocenters. The van der Waals surface area contributed by atoms with E-state index < -0.39 is 0 Å². The Morgan fingerprint density at radius 2 is 1.96 bits per heavy atom. The van der Waals surface area contributed by atoms with Crippen molar-refractivity contribution in [1.82, 2.24) is 9.88 Å². The third-order valence-corrected chi connectivity index (χ3v) is 5.52. The Hall–Kier alpha value is -2.27. The average molecular weight is 429 g/mol. The fourth-order valence-corrected chi connectivity index (χ4v) is 3.86. The summed E-state index contributed by atoms with van der Waals surface area (Å²) in [6.45, 7) is 3.14. The van der Waals surface area contributed by atoms with E-state index in [-0.39, 0.29) is 5.91 Å². The van der Waals surface area contributed by atoms with Crippen LogP contribution in [0.4, 0.5) is 0 Å². The molecule has 2 aromatic carbocycles. The van der Waals surface area contributed by atoms with Gasteiger partial charge in [-0.2, -0.15) is 0 Å². The SMILES string of the molecule is COc1ccc2c(c1)c(CCNC(C)=O)cn2CCCc1ccccc1Br. The second kappa shape index (κ2) is 9.09. The van der Waals surface area contributed by atoms with Crippen molar-refractivity contribution in [2.24, 2.45) is 0 Å². The van der Waals surface area contributed by atoms with Gasteiger partial charge in [0, 0.05) is 41.6 Å². The number of nitrogens with one attached hydrogen (secondary N) is 1. The molecule has 0 spiro atoms. The highest BCUT2D eigenvalue weighted by atomic mass is 79.9. The van der Waals surface area contributed by atoms with Crippen LogP contribution in [0.5, 0.6) is 5.75 Å². The quantitative estimate of drug-likeness (QED) is 0.563. The molecule has 0 saturated carbocycles. The molecule has 1 aromatic heterocycles. The Morgan fingerprint density at radius 3 is 2.70 bits per heavy atom. The van der Waals surface area contributed by atoms with E-state index in [0.29, 0.717) is 6.54 Å². The van der Waals surface area contributed by atoms with E-state index in [1.165, 1.54) is 26.5 Å². The van der Waals surface area contributed by atoms with Crippen molar-refractivity contribution in [3.05, 3.63) is 64.3 Å². The van der Waals surface area contributed by atoms with Crippen LogP contribution in [0.1, 0.15) is 24.5 Å². The van der Waals surface area contributed by atoms with Gasteiger partial charge in [-0.1, -0.05) is 34.1 Å². The number of benzene rings is 2. The molecule has 0 aliphatic rings. The number of halogens is 1. The summed E-state index contributed by atoms with van der Waals surface area (Å²) < 4.78 is 8.88. The zero-order valence-corrected chi connectivity index (χ0v) is 17.4. The highest BCUT2D eigenvalue weighted by molar-refractivity contribution is 9.10. The minimum absolute atomic E-state index is 0.00440. The summed E-state index contributed by atoms with van der Waals surface area (Å²) in [5.74, 6) is 0.860. The maximum atomic E-state index is 11.2. The molecule has 0 bridgehead atoms. The molecule has 0 aliphatic carbocycles. The maximum Gasteiger partial charge on any atom is 0.216 e. The summed E-state index contributed by atoms with van der Waals surface area (Å²) >= 11 is 3.63. The van der Waals surface area contributed by atoms with Crippen LogP contribution in [0.25, 0.3) is 10.9 Å². The molecule has 1 amide bonds. The number of carbonyl (C=O) groups excluding carboxylic acids is 1. The number of nitrogens with zero attached hydrogens (tertiary/aromatic N) is 1. The molecule has 4 nitrogen and oxygen atoms in total. The molecular weight excluding hydrogens is 404 g/mol. The summed E-state index contributed by atoms with van der Waals surface area (Å²) in [6.07, 6.45) is 5.11. The lowest BCUT2D eigenvalue weighted by Crippen LogP contribution is -2.22. The summed E-state index contributed by atoms with van der Waals surface area (Å²) in [5.41, 5.74) is 3.78. The van der Waals surface area contributed by atoms with Gasteiger partial charge in [0.05, 0.1) is 7.11 Å². The molecule has 0 aliphatic heterocycles. The fourth-order valence-electron chi connectivity index (χ4n) is 3.38. The zero-order chi connectivity index (χ0) is 19.2. The number of ether oxygens (including phenoxy) is 1. The monoisotopic (exact) mass is 428 g/mol. The molecule has 0 fully saturated rings. The number of aryl methyl sites for hydroxylation is 2. The van der Waals surface area contributed by atoms with Crippen LogP contribution < -0.4 is 10.1 Å². The summed E-state index contributed by atoms with van der Waals surface area (Å²) in [5, 5.41) is 4.08. The predicted molar refractivity (Wildman–Crippen MR) is 113 cm³/mol. The summed E-state index contributed by atoms with van der Waals surface area (Å²) in [6, 6.07) is 14.6. The van der Waals surface area contributed by atoms with E-state index in [4.69, 9.17) is 4.74 Å². The van der Waals surface area contributed by atoms with Crippen LogP contribution in [0.3, 0.4) is 0 Å². The second-order valence-corrected chi connectivity index (χ2v) is 7.51. The third kappa shape index (κ3) is 4.92. The fraction of sp³-hybridized carbons (Fsp3) is 0.318. The van der Waals surface area contributed by atoms with E-state index >= 15 is 0 Å². The molecule has 1 heterocycles. The Bertz CT molecular complexity index is 933. The Labute approximate surface area is 168 Å². The van der Waals surface area contributed by atoms with E-state index in [2.05, 4.69) is 62.3 Å². The summed E-state index contributed by atoms with van der Waals surface area (Å²) in [4.78, 5) is 11.2. The number of amides is 1. The lowest BCUT2D eigenvalue weighted by atomic mass is 10.1. The normalized spacial score (nSPS) is 10.9. The zero-order valence-electron chi connectivity index (χ0n) is 15.8. The molecule has 0 atom stereocenters. The van der Waals surface area contributed by atoms with E-state index in [1.54, 1.807) is 14.0 Å². The Morgan fingerprint density at radius 1 is 1.15 bits per heavy atom. The number of methoxy groups -OCH3 is 1. The molecule has 1 N–H and O–H groups in total. The average Bonchev–Trinajstić information content (AvgIpc) is 3.00. The van der Waals surface area contributed by atoms with Gasteiger partial charge in [0.1, 0.15) is 5.75 Å². The van der Waals surface area contributed by atoms with Gasteiger partial charge in [0.15, 0.2) is 0 Å². The van der Waals surface area contributed by atoms with Crippen LogP contribution in [0.2, 0.25) is 0 Å². The van der Waals surface area contributed by atoms with Crippen molar-refractivity contribution >= 4 is 32.7 Å². The lowest BCUT2D eigenvalue weighted by molar-refractivity contribution is -0.118. The Kier molecular flexibility index (Phi) is 6.56. The van der Waals surface area contributed by atoms with Crippen LogP contribution in [0, 0.1) is 0 Å². The van der Waals surface area contributed by atoms with Crippen molar-refractivity contribution in [3.63, 3.8) is 0 Å². The molecule has 3 aromatic rings. The smallest absolute Gasteiger partial charge is 0.216 e. The molecule has 27 heavy (non-hydrogen) atoms. The maximum absolute atomic E-state index is 11.2. The molecule has 5 heteroatoms. The highest BCUT2D eigenvalue weighted by Gasteiger charge is 2.10. The first kappa shape index (κ1) is 19.5. The first-order valence-corrected chi connectivity index (χ1v) is 10.0. The van der Waals surface area contributed by atoms with Gasteiger partial charge < -0.3 is 14.6 Å². The largest absolute Gasteiger partial charge is 0.497 e. The van der Waals surface area contributed by atoms with Gasteiger partial charge in [-0.3, -0.25) is 4.79 Å². The number of fused-ring (bicyclic) bond motifs is 1. The molecular formula is C22H25BrN2O2. The van der Waals surface area contributed by atoms with Gasteiger partial charge in [-0.15, -0.1) is 0 Å². The van der Waals surface area contributed by atoms with Crippen LogP contribution in [-0.2, 0) is 24.2 Å². The van der Waals surface area contributed by atoms with Gasteiger partial charge in [-0.25, -0.2) is 0 Å². The van der Waals surface area contributed by atoms with Gasteiger partial charge >= 0.3 is 0 Å². The molecule has 0 saturated heterocycles. The van der Waals surface area contributed by atoms with Crippen LogP contribution in [0.15, 0.2) is 53.1 Å². The molecule has 3 rings (SSSR count). The van der Waals surface area contributed by atoms with Gasteiger partial charge in [-0.05, 0) is 54.7 Å². The minimum atomic E-state index is 0.00440. The first-order valence-electron chi connectivity index (χ1n) is 9.22. The van der Waals surface area contributed by atoms with Crippen molar-refractivity contribution in [2.75, 3.05) is 13.7 Å². The number of hydrogen-bond acceptors (Lipinski definition) is 2. The second-order valence-electron chi connectivity index (χ2n) is 6.66. The third-order valence-electron chi connectivity index (χ3n) is 4.74. The van der Waals surface area contributed by atoms with Crippen molar-refractivity contribution in [1.29, 1.82) is 0 Å². The van der Waals surface area contributed by atoms with Crippen molar-refractivity contribution in [3.8, 4) is 5.75 Å². The number of aromatic nitrogens is 1. The topological polar surface area (TPSA) is 43.3 Å². The number of hydrogen-bond donors (Lipinski definition) is 1. The standard InChI is InChI=1S/C22H25BrN2O2/c1-16(26)24-12-11-18-15-25(22-10-9-19(27-2)14-20(18)22)13-5-7-17-6-3-4-8-21(17)23/h3-4,6,8-10,14-15H,5,7,11-13H2,1-2H3,(H,24,26).